The molecule has 0 aliphatic heterocycles. The van der Waals surface area contributed by atoms with Gasteiger partial charge in [0.2, 0.25) is 0 Å². The molecule has 0 unspecified atom stereocenters. The standard InChI is InChI=1S/C6H11ClO2/c1-2-5(4-7)3-6(8)9/h5H,2-4H2,1H3,(H,8,9)/t5-/m0/s1. The van der Waals surface area contributed by atoms with Crippen LogP contribution in [0.4, 0.5) is 0 Å². The van der Waals surface area contributed by atoms with Gasteiger partial charge in [-0.1, -0.05) is 13.3 Å². The van der Waals surface area contributed by atoms with Gasteiger partial charge >= 0.3 is 5.97 Å². The van der Waals surface area contributed by atoms with Crippen molar-refractivity contribution in [1.82, 2.24) is 0 Å². The molecule has 54 valence electrons. The van der Waals surface area contributed by atoms with Gasteiger partial charge in [0.15, 0.2) is 0 Å². The maximum atomic E-state index is 10.1. The monoisotopic (exact) mass is 150 g/mol. The van der Waals surface area contributed by atoms with Gasteiger partial charge < -0.3 is 5.11 Å². The number of carboxylic acids is 1. The summed E-state index contributed by atoms with van der Waals surface area (Å²) in [5.41, 5.74) is 0. The molecular formula is C6H11ClO2. The molecule has 1 N–H and O–H groups in total. The van der Waals surface area contributed by atoms with E-state index in [1.54, 1.807) is 0 Å². The second-order valence-electron chi connectivity index (χ2n) is 2.03. The molecule has 0 heterocycles. The zero-order valence-electron chi connectivity index (χ0n) is 5.43. The molecule has 0 aliphatic rings. The average Bonchev–Trinajstić information content (AvgIpc) is 1.82. The number of carbonyl (C=O) groups is 1. The molecule has 3 heteroatoms. The van der Waals surface area contributed by atoms with Crippen LogP contribution in [0.3, 0.4) is 0 Å². The van der Waals surface area contributed by atoms with Crippen molar-refractivity contribution < 1.29 is 9.90 Å². The fraction of sp³-hybridized carbons (Fsp3) is 0.833. The molecule has 0 saturated carbocycles. The van der Waals surface area contributed by atoms with E-state index in [1.807, 2.05) is 6.92 Å². The lowest BCUT2D eigenvalue weighted by molar-refractivity contribution is -0.137. The van der Waals surface area contributed by atoms with Crippen molar-refractivity contribution in [3.63, 3.8) is 0 Å². The van der Waals surface area contributed by atoms with Crippen LogP contribution in [0.15, 0.2) is 0 Å². The van der Waals surface area contributed by atoms with Crippen LogP contribution in [0.5, 0.6) is 0 Å². The van der Waals surface area contributed by atoms with E-state index in [2.05, 4.69) is 0 Å². The Morgan fingerprint density at radius 2 is 2.33 bits per heavy atom. The molecule has 0 aromatic rings. The SMILES string of the molecule is CC[C@H](CCl)CC(=O)O. The summed E-state index contributed by atoms with van der Waals surface area (Å²) in [6, 6.07) is 0. The lowest BCUT2D eigenvalue weighted by atomic mass is 10.1. The number of carboxylic acid groups (broad SMARTS) is 1. The number of hydrogen-bond acceptors (Lipinski definition) is 1. The first-order valence-corrected chi connectivity index (χ1v) is 3.51. The number of halogens is 1. The molecule has 0 aromatic carbocycles. The van der Waals surface area contributed by atoms with E-state index in [0.717, 1.165) is 6.42 Å². The third kappa shape index (κ3) is 4.28. The van der Waals surface area contributed by atoms with Gasteiger partial charge in [0, 0.05) is 12.3 Å². The van der Waals surface area contributed by atoms with E-state index >= 15 is 0 Å². The van der Waals surface area contributed by atoms with Crippen LogP contribution in [-0.2, 0) is 4.79 Å². The lowest BCUT2D eigenvalue weighted by Crippen LogP contribution is -2.07. The molecule has 2 nitrogen and oxygen atoms in total. The largest absolute Gasteiger partial charge is 0.481 e. The van der Waals surface area contributed by atoms with Gasteiger partial charge in [-0.15, -0.1) is 11.6 Å². The molecule has 0 aromatic heterocycles. The van der Waals surface area contributed by atoms with Crippen LogP contribution in [0.25, 0.3) is 0 Å². The van der Waals surface area contributed by atoms with Crippen molar-refractivity contribution in [3.8, 4) is 0 Å². The molecule has 9 heavy (non-hydrogen) atoms. The topological polar surface area (TPSA) is 37.3 Å². The van der Waals surface area contributed by atoms with Crippen molar-refractivity contribution in [2.45, 2.75) is 19.8 Å². The van der Waals surface area contributed by atoms with Gasteiger partial charge in [-0.2, -0.15) is 0 Å². The van der Waals surface area contributed by atoms with Crippen molar-refractivity contribution in [2.75, 3.05) is 5.88 Å². The first kappa shape index (κ1) is 8.76. The van der Waals surface area contributed by atoms with Crippen LogP contribution in [0, 0.1) is 5.92 Å². The molecule has 0 bridgehead atoms. The summed E-state index contributed by atoms with van der Waals surface area (Å²) >= 11 is 5.45. The third-order valence-corrected chi connectivity index (χ3v) is 1.70. The average molecular weight is 151 g/mol. The van der Waals surface area contributed by atoms with Crippen molar-refractivity contribution in [1.29, 1.82) is 0 Å². The summed E-state index contributed by atoms with van der Waals surface area (Å²) in [6.45, 7) is 1.94. The van der Waals surface area contributed by atoms with Gasteiger partial charge in [-0.25, -0.2) is 0 Å². The predicted octanol–water partition coefficient (Wildman–Crippen LogP) is 1.73. The van der Waals surface area contributed by atoms with Gasteiger partial charge in [0.05, 0.1) is 0 Å². The highest BCUT2D eigenvalue weighted by Crippen LogP contribution is 2.09. The zero-order chi connectivity index (χ0) is 7.28. The van der Waals surface area contributed by atoms with E-state index in [-0.39, 0.29) is 12.3 Å². The second-order valence-corrected chi connectivity index (χ2v) is 2.34. The van der Waals surface area contributed by atoms with E-state index in [1.165, 1.54) is 0 Å². The van der Waals surface area contributed by atoms with Gasteiger partial charge in [-0.05, 0) is 5.92 Å². The van der Waals surface area contributed by atoms with Crippen LogP contribution in [-0.4, -0.2) is 17.0 Å². The van der Waals surface area contributed by atoms with Crippen LogP contribution in [0.2, 0.25) is 0 Å². The Morgan fingerprint density at radius 3 is 2.44 bits per heavy atom. The maximum absolute atomic E-state index is 10.1. The molecule has 0 rings (SSSR count). The number of aliphatic carboxylic acids is 1. The van der Waals surface area contributed by atoms with E-state index in [0.29, 0.717) is 5.88 Å². The number of rotatable bonds is 4. The Hall–Kier alpha value is -0.240. The molecule has 1 atom stereocenters. The summed E-state index contributed by atoms with van der Waals surface area (Å²) in [6.07, 6.45) is 1.04. The molecule has 0 spiro atoms. The normalized spacial score (nSPS) is 13.1. The summed E-state index contributed by atoms with van der Waals surface area (Å²) in [5.74, 6) is -0.172. The summed E-state index contributed by atoms with van der Waals surface area (Å²) in [5, 5.41) is 8.29. The predicted molar refractivity (Wildman–Crippen MR) is 36.8 cm³/mol. The summed E-state index contributed by atoms with van der Waals surface area (Å²) < 4.78 is 0. The highest BCUT2D eigenvalue weighted by Gasteiger charge is 2.08. The highest BCUT2D eigenvalue weighted by molar-refractivity contribution is 6.18. The highest BCUT2D eigenvalue weighted by atomic mass is 35.5. The minimum Gasteiger partial charge on any atom is -0.481 e. The molecular weight excluding hydrogens is 140 g/mol. The van der Waals surface area contributed by atoms with Crippen LogP contribution >= 0.6 is 11.6 Å². The van der Waals surface area contributed by atoms with Gasteiger partial charge in [0.1, 0.15) is 0 Å². The zero-order valence-corrected chi connectivity index (χ0v) is 6.19. The second kappa shape index (κ2) is 4.62. The quantitative estimate of drug-likeness (QED) is 0.620. The minimum absolute atomic E-state index is 0.143. The van der Waals surface area contributed by atoms with Crippen molar-refractivity contribution in [2.24, 2.45) is 5.92 Å². The van der Waals surface area contributed by atoms with Crippen molar-refractivity contribution >= 4 is 17.6 Å². The van der Waals surface area contributed by atoms with Crippen LogP contribution in [0.1, 0.15) is 19.8 Å². The first-order chi connectivity index (χ1) is 4.20. The molecule has 0 saturated heterocycles. The lowest BCUT2D eigenvalue weighted by Gasteiger charge is -2.05. The fourth-order valence-corrected chi connectivity index (χ4v) is 0.882. The number of alkyl halides is 1. The Morgan fingerprint density at radius 1 is 1.78 bits per heavy atom. The molecule has 0 amide bonds. The Kier molecular flexibility index (Phi) is 4.50. The maximum Gasteiger partial charge on any atom is 0.303 e. The smallest absolute Gasteiger partial charge is 0.303 e. The Balaban J connectivity index is 3.43. The molecule has 0 aliphatic carbocycles. The van der Waals surface area contributed by atoms with E-state index in [4.69, 9.17) is 16.7 Å². The number of hydrogen-bond donors (Lipinski definition) is 1. The van der Waals surface area contributed by atoms with Crippen molar-refractivity contribution in [3.05, 3.63) is 0 Å². The first-order valence-electron chi connectivity index (χ1n) is 2.98. The van der Waals surface area contributed by atoms with E-state index in [9.17, 15) is 4.79 Å². The van der Waals surface area contributed by atoms with Crippen LogP contribution < -0.4 is 0 Å². The van der Waals surface area contributed by atoms with E-state index < -0.39 is 5.97 Å². The van der Waals surface area contributed by atoms with Gasteiger partial charge in [-0.3, -0.25) is 4.79 Å². The summed E-state index contributed by atoms with van der Waals surface area (Å²) in [4.78, 5) is 10.1. The summed E-state index contributed by atoms with van der Waals surface area (Å²) in [7, 11) is 0. The fourth-order valence-electron chi connectivity index (χ4n) is 0.555. The Labute approximate surface area is 59.8 Å². The Bertz CT molecular complexity index is 89.1. The third-order valence-electron chi connectivity index (χ3n) is 1.26. The molecule has 0 fully saturated rings. The van der Waals surface area contributed by atoms with Gasteiger partial charge in [0.25, 0.3) is 0 Å². The molecule has 0 radical (unpaired) electrons. The minimum atomic E-state index is -0.762.